The fraction of sp³-hybridized carbons (Fsp3) is 0.462. The monoisotopic (exact) mass is 287 g/mol. The third-order valence-electron chi connectivity index (χ3n) is 3.42. The molecule has 1 fully saturated rings. The van der Waals surface area contributed by atoms with E-state index < -0.39 is 29.6 Å². The van der Waals surface area contributed by atoms with Crippen LogP contribution < -0.4 is 14.8 Å². The average Bonchev–Trinajstić information content (AvgIpc) is 2.87. The van der Waals surface area contributed by atoms with E-state index in [0.29, 0.717) is 6.07 Å². The summed E-state index contributed by atoms with van der Waals surface area (Å²) in [5.41, 5.74) is 0.0921. The van der Waals surface area contributed by atoms with Gasteiger partial charge in [0.2, 0.25) is 0 Å². The number of ether oxygens (including phenoxy) is 2. The fourth-order valence-corrected chi connectivity index (χ4v) is 2.46. The maximum atomic E-state index is 14.0. The Hall–Kier alpha value is -1.89. The summed E-state index contributed by atoms with van der Waals surface area (Å²) >= 11 is 0. The molecule has 1 aliphatic heterocycles. The van der Waals surface area contributed by atoms with Crippen LogP contribution >= 0.6 is 0 Å². The van der Waals surface area contributed by atoms with Crippen LogP contribution in [0.25, 0.3) is 0 Å². The quantitative estimate of drug-likeness (QED) is 0.882. The molecule has 0 aromatic heterocycles. The van der Waals surface area contributed by atoms with Gasteiger partial charge < -0.3 is 19.9 Å². The zero-order valence-electron chi connectivity index (χ0n) is 11.1. The van der Waals surface area contributed by atoms with Crippen LogP contribution in [0.1, 0.15) is 18.0 Å². The van der Waals surface area contributed by atoms with Crippen molar-refractivity contribution in [2.24, 2.45) is 5.92 Å². The van der Waals surface area contributed by atoms with Gasteiger partial charge in [0.25, 0.3) is 0 Å². The number of carbonyl (C=O) groups is 1. The van der Waals surface area contributed by atoms with Crippen molar-refractivity contribution >= 4 is 5.97 Å². The predicted molar refractivity (Wildman–Crippen MR) is 65.9 cm³/mol. The lowest BCUT2D eigenvalue weighted by Gasteiger charge is -2.18. The van der Waals surface area contributed by atoms with Gasteiger partial charge >= 0.3 is 5.97 Å². The van der Waals surface area contributed by atoms with Gasteiger partial charge in [-0.2, -0.15) is 0 Å². The van der Waals surface area contributed by atoms with Crippen LogP contribution in [0.3, 0.4) is 0 Å². The van der Waals surface area contributed by atoms with Gasteiger partial charge in [-0.25, -0.2) is 8.78 Å². The first kappa shape index (κ1) is 14.5. The van der Waals surface area contributed by atoms with Crippen molar-refractivity contribution in [3.8, 4) is 11.5 Å². The molecule has 2 N–H and O–H groups in total. The van der Waals surface area contributed by atoms with Crippen LogP contribution in [-0.2, 0) is 4.79 Å². The van der Waals surface area contributed by atoms with Crippen molar-refractivity contribution in [1.82, 2.24) is 5.32 Å². The molecule has 2 unspecified atom stereocenters. The first-order chi connectivity index (χ1) is 9.49. The molecular weight excluding hydrogens is 272 g/mol. The SMILES string of the molecule is COc1c(F)cc(F)c(C2CC(C(=O)O)CN2)c1OC. The molecule has 1 aromatic rings. The van der Waals surface area contributed by atoms with Crippen LogP contribution in [0.2, 0.25) is 0 Å². The summed E-state index contributed by atoms with van der Waals surface area (Å²) < 4.78 is 37.6. The molecule has 0 saturated carbocycles. The first-order valence-electron chi connectivity index (χ1n) is 6.05. The minimum atomic E-state index is -0.951. The largest absolute Gasteiger partial charge is 0.492 e. The van der Waals surface area contributed by atoms with E-state index in [4.69, 9.17) is 14.6 Å². The van der Waals surface area contributed by atoms with Crippen molar-refractivity contribution in [3.63, 3.8) is 0 Å². The summed E-state index contributed by atoms with van der Waals surface area (Å²) in [4.78, 5) is 10.9. The molecule has 1 heterocycles. The Balaban J connectivity index is 2.44. The number of carboxylic acids is 1. The van der Waals surface area contributed by atoms with Crippen molar-refractivity contribution in [1.29, 1.82) is 0 Å². The molecule has 20 heavy (non-hydrogen) atoms. The molecule has 1 saturated heterocycles. The lowest BCUT2D eigenvalue weighted by Crippen LogP contribution is -2.18. The number of hydrogen-bond donors (Lipinski definition) is 2. The summed E-state index contributed by atoms with van der Waals surface area (Å²) in [6.45, 7) is 0.224. The van der Waals surface area contributed by atoms with Gasteiger partial charge in [0.15, 0.2) is 17.3 Å². The maximum Gasteiger partial charge on any atom is 0.307 e. The maximum absolute atomic E-state index is 14.0. The molecule has 0 amide bonds. The number of carboxylic acid groups (broad SMARTS) is 1. The molecule has 0 spiro atoms. The summed E-state index contributed by atoms with van der Waals surface area (Å²) in [5.74, 6) is -3.45. The van der Waals surface area contributed by atoms with Gasteiger partial charge in [0, 0.05) is 18.7 Å². The Morgan fingerprint density at radius 1 is 1.30 bits per heavy atom. The third-order valence-corrected chi connectivity index (χ3v) is 3.42. The van der Waals surface area contributed by atoms with Crippen LogP contribution in [0, 0.1) is 17.6 Å². The number of methoxy groups -OCH3 is 2. The molecule has 0 bridgehead atoms. The first-order valence-corrected chi connectivity index (χ1v) is 6.05. The van der Waals surface area contributed by atoms with Crippen LogP contribution in [0.5, 0.6) is 11.5 Å². The normalized spacial score (nSPS) is 21.8. The van der Waals surface area contributed by atoms with Crippen molar-refractivity contribution < 1.29 is 28.2 Å². The summed E-state index contributed by atoms with van der Waals surface area (Å²) in [6, 6.07) is 0.160. The molecule has 7 heteroatoms. The number of halogens is 2. The second-order valence-corrected chi connectivity index (χ2v) is 4.55. The average molecular weight is 287 g/mol. The molecular formula is C13H15F2NO4. The third kappa shape index (κ3) is 2.40. The lowest BCUT2D eigenvalue weighted by atomic mass is 9.98. The summed E-state index contributed by atoms with van der Waals surface area (Å²) in [7, 11) is 2.54. The molecule has 2 atom stereocenters. The van der Waals surface area contributed by atoms with E-state index in [1.807, 2.05) is 0 Å². The highest BCUT2D eigenvalue weighted by Gasteiger charge is 2.35. The van der Waals surface area contributed by atoms with Gasteiger partial charge in [-0.05, 0) is 6.42 Å². The molecule has 0 radical (unpaired) electrons. The zero-order valence-corrected chi connectivity index (χ0v) is 11.1. The Morgan fingerprint density at radius 3 is 2.45 bits per heavy atom. The van der Waals surface area contributed by atoms with Gasteiger partial charge in [-0.1, -0.05) is 0 Å². The van der Waals surface area contributed by atoms with E-state index in [1.54, 1.807) is 0 Å². The van der Waals surface area contributed by atoms with Crippen molar-refractivity contribution in [2.75, 3.05) is 20.8 Å². The van der Waals surface area contributed by atoms with Gasteiger partial charge in [-0.3, -0.25) is 4.79 Å². The second-order valence-electron chi connectivity index (χ2n) is 4.55. The Labute approximate surface area is 114 Å². The fourth-order valence-electron chi connectivity index (χ4n) is 2.46. The zero-order chi connectivity index (χ0) is 14.9. The van der Waals surface area contributed by atoms with Gasteiger partial charge in [-0.15, -0.1) is 0 Å². The standard InChI is InChI=1S/C13H15F2NO4/c1-19-11-8(15)4-7(14)10(12(11)20-2)9-3-6(5-16-9)13(17)18/h4,6,9,16H,3,5H2,1-2H3,(H,17,18). The van der Waals surface area contributed by atoms with E-state index >= 15 is 0 Å². The minimum Gasteiger partial charge on any atom is -0.492 e. The van der Waals surface area contributed by atoms with Crippen molar-refractivity contribution in [2.45, 2.75) is 12.5 Å². The Bertz CT molecular complexity index is 536. The van der Waals surface area contributed by atoms with E-state index in [0.717, 1.165) is 0 Å². The molecule has 2 rings (SSSR count). The van der Waals surface area contributed by atoms with Crippen LogP contribution in [0.15, 0.2) is 6.07 Å². The molecule has 110 valence electrons. The number of nitrogens with one attached hydrogen (secondary N) is 1. The van der Waals surface area contributed by atoms with E-state index in [2.05, 4.69) is 5.32 Å². The Kier molecular flexibility index (Phi) is 4.08. The topological polar surface area (TPSA) is 67.8 Å². The van der Waals surface area contributed by atoms with Gasteiger partial charge in [0.1, 0.15) is 5.82 Å². The summed E-state index contributed by atoms with van der Waals surface area (Å²) in [5, 5.41) is 11.9. The molecule has 1 aromatic carbocycles. The van der Waals surface area contributed by atoms with Crippen LogP contribution in [-0.4, -0.2) is 31.8 Å². The lowest BCUT2D eigenvalue weighted by molar-refractivity contribution is -0.141. The van der Waals surface area contributed by atoms with E-state index in [-0.39, 0.29) is 30.0 Å². The molecule has 5 nitrogen and oxygen atoms in total. The molecule has 0 aliphatic carbocycles. The minimum absolute atomic E-state index is 0.0476. The van der Waals surface area contributed by atoms with Crippen molar-refractivity contribution in [3.05, 3.63) is 23.3 Å². The number of aliphatic carboxylic acids is 1. The second kappa shape index (κ2) is 5.62. The predicted octanol–water partition coefficient (Wildman–Crippen LogP) is 1.72. The highest BCUT2D eigenvalue weighted by atomic mass is 19.1. The summed E-state index contributed by atoms with van der Waals surface area (Å²) in [6.07, 6.45) is 0.206. The van der Waals surface area contributed by atoms with Crippen LogP contribution in [0.4, 0.5) is 8.78 Å². The molecule has 1 aliphatic rings. The van der Waals surface area contributed by atoms with E-state index in [9.17, 15) is 13.6 Å². The number of hydrogen-bond acceptors (Lipinski definition) is 4. The highest BCUT2D eigenvalue weighted by molar-refractivity contribution is 5.71. The smallest absolute Gasteiger partial charge is 0.307 e. The number of rotatable bonds is 4. The Morgan fingerprint density at radius 2 is 1.95 bits per heavy atom. The van der Waals surface area contributed by atoms with Gasteiger partial charge in [0.05, 0.1) is 25.7 Å². The van der Waals surface area contributed by atoms with E-state index in [1.165, 1.54) is 14.2 Å². The number of benzene rings is 1. The highest BCUT2D eigenvalue weighted by Crippen LogP contribution is 2.42.